The van der Waals surface area contributed by atoms with Crippen LogP contribution in [0.1, 0.15) is 32.3 Å². The molecule has 0 bridgehead atoms. The Balaban J connectivity index is 2.69. The number of hydrogen-bond acceptors (Lipinski definition) is 2. The lowest BCUT2D eigenvalue weighted by Gasteiger charge is -2.09. The van der Waals surface area contributed by atoms with Gasteiger partial charge in [-0.1, -0.05) is 26.0 Å². The van der Waals surface area contributed by atoms with Gasteiger partial charge in [0.15, 0.2) is 0 Å². The van der Waals surface area contributed by atoms with Gasteiger partial charge < -0.3 is 11.1 Å². The molecule has 15 heavy (non-hydrogen) atoms. The molecule has 3 heteroatoms. The molecule has 0 spiro atoms. The van der Waals surface area contributed by atoms with Crippen molar-refractivity contribution in [1.82, 2.24) is 0 Å². The van der Waals surface area contributed by atoms with E-state index >= 15 is 0 Å². The minimum absolute atomic E-state index is 0.160. The van der Waals surface area contributed by atoms with Gasteiger partial charge in [-0.2, -0.15) is 0 Å². The fraction of sp³-hybridized carbons (Fsp3) is 0.417. The van der Waals surface area contributed by atoms with Crippen LogP contribution in [0.4, 0.5) is 5.69 Å². The van der Waals surface area contributed by atoms with E-state index in [0.29, 0.717) is 5.92 Å². The Morgan fingerprint density at radius 1 is 1.20 bits per heavy atom. The van der Waals surface area contributed by atoms with Crippen molar-refractivity contribution in [2.24, 2.45) is 5.73 Å². The van der Waals surface area contributed by atoms with Gasteiger partial charge in [0.1, 0.15) is 0 Å². The van der Waals surface area contributed by atoms with Gasteiger partial charge in [-0.25, -0.2) is 0 Å². The average Bonchev–Trinajstić information content (AvgIpc) is 2.18. The number of amides is 1. The molecule has 3 nitrogen and oxygen atoms in total. The van der Waals surface area contributed by atoms with Gasteiger partial charge >= 0.3 is 0 Å². The first kappa shape index (κ1) is 11.7. The molecule has 0 aromatic heterocycles. The molecular formula is C12H18N2O. The van der Waals surface area contributed by atoms with Crippen molar-refractivity contribution in [3.05, 3.63) is 29.8 Å². The summed E-state index contributed by atoms with van der Waals surface area (Å²) in [5.74, 6) is 0.343. The van der Waals surface area contributed by atoms with Crippen molar-refractivity contribution in [3.63, 3.8) is 0 Å². The summed E-state index contributed by atoms with van der Waals surface area (Å²) in [6.45, 7) is 5.93. The number of rotatable bonds is 3. The molecule has 1 rings (SSSR count). The number of carbonyl (C=O) groups excluding carboxylic acids is 1. The number of carbonyl (C=O) groups is 1. The molecule has 0 aliphatic carbocycles. The van der Waals surface area contributed by atoms with Gasteiger partial charge in [0, 0.05) is 5.69 Å². The third kappa shape index (κ3) is 3.36. The summed E-state index contributed by atoms with van der Waals surface area (Å²) in [5.41, 5.74) is 7.50. The van der Waals surface area contributed by atoms with E-state index in [2.05, 4.69) is 19.2 Å². The lowest BCUT2D eigenvalue weighted by Crippen LogP contribution is -2.32. The molecule has 0 saturated heterocycles. The molecule has 0 aliphatic rings. The van der Waals surface area contributed by atoms with E-state index < -0.39 is 6.04 Å². The lowest BCUT2D eigenvalue weighted by molar-refractivity contribution is -0.117. The van der Waals surface area contributed by atoms with Crippen LogP contribution in [0.25, 0.3) is 0 Å². The molecule has 3 N–H and O–H groups in total. The monoisotopic (exact) mass is 206 g/mol. The molecule has 1 aromatic carbocycles. The van der Waals surface area contributed by atoms with E-state index in [-0.39, 0.29) is 5.91 Å². The maximum absolute atomic E-state index is 11.3. The number of nitrogens with two attached hydrogens (primary N) is 1. The first-order valence-electron chi connectivity index (χ1n) is 5.17. The lowest BCUT2D eigenvalue weighted by atomic mass is 10.0. The maximum Gasteiger partial charge on any atom is 0.240 e. The molecule has 1 amide bonds. The van der Waals surface area contributed by atoms with Gasteiger partial charge in [-0.3, -0.25) is 4.79 Å². The van der Waals surface area contributed by atoms with Crippen LogP contribution in [-0.2, 0) is 4.79 Å². The highest BCUT2D eigenvalue weighted by Crippen LogP contribution is 2.17. The molecule has 1 atom stereocenters. The Bertz CT molecular complexity index is 328. The van der Waals surface area contributed by atoms with Gasteiger partial charge in [0.05, 0.1) is 6.04 Å². The molecule has 0 radical (unpaired) electrons. The summed E-state index contributed by atoms with van der Waals surface area (Å²) in [5, 5.41) is 2.74. The highest BCUT2D eigenvalue weighted by Gasteiger charge is 2.07. The third-order valence-electron chi connectivity index (χ3n) is 2.26. The van der Waals surface area contributed by atoms with E-state index in [0.717, 1.165) is 5.69 Å². The van der Waals surface area contributed by atoms with Gasteiger partial charge in [-0.15, -0.1) is 0 Å². The van der Waals surface area contributed by atoms with Crippen molar-refractivity contribution >= 4 is 11.6 Å². The maximum atomic E-state index is 11.3. The van der Waals surface area contributed by atoms with Gasteiger partial charge in [0.2, 0.25) is 5.91 Å². The van der Waals surface area contributed by atoms with Crippen LogP contribution < -0.4 is 11.1 Å². The van der Waals surface area contributed by atoms with Crippen LogP contribution in [-0.4, -0.2) is 11.9 Å². The molecule has 0 unspecified atom stereocenters. The average molecular weight is 206 g/mol. The first-order valence-corrected chi connectivity index (χ1v) is 5.17. The van der Waals surface area contributed by atoms with Crippen LogP contribution >= 0.6 is 0 Å². The Hall–Kier alpha value is -1.35. The second-order valence-electron chi connectivity index (χ2n) is 4.05. The predicted octanol–water partition coefficient (Wildman–Crippen LogP) is 2.10. The molecule has 1 aromatic rings. The van der Waals surface area contributed by atoms with E-state index in [9.17, 15) is 4.79 Å². The quantitative estimate of drug-likeness (QED) is 0.795. The van der Waals surface area contributed by atoms with Crippen molar-refractivity contribution in [1.29, 1.82) is 0 Å². The summed E-state index contributed by atoms with van der Waals surface area (Å²) < 4.78 is 0. The van der Waals surface area contributed by atoms with Crippen LogP contribution in [0.15, 0.2) is 24.3 Å². The van der Waals surface area contributed by atoms with E-state index in [1.165, 1.54) is 5.56 Å². The molecular weight excluding hydrogens is 188 g/mol. The predicted molar refractivity (Wildman–Crippen MR) is 62.8 cm³/mol. The number of benzene rings is 1. The molecule has 82 valence electrons. The Morgan fingerprint density at radius 2 is 1.73 bits per heavy atom. The SMILES string of the molecule is CC(C)c1ccc(NC(=O)[C@@H](C)N)cc1. The standard InChI is InChI=1S/C12H18N2O/c1-8(2)10-4-6-11(7-5-10)14-12(15)9(3)13/h4-9H,13H2,1-3H3,(H,14,15)/t9-/m1/s1. The number of nitrogens with one attached hydrogen (secondary N) is 1. The van der Waals surface area contributed by atoms with Gasteiger partial charge in [0.25, 0.3) is 0 Å². The molecule has 0 fully saturated rings. The minimum atomic E-state index is -0.477. The fourth-order valence-electron chi connectivity index (χ4n) is 1.21. The largest absolute Gasteiger partial charge is 0.325 e. The normalized spacial score (nSPS) is 12.6. The van der Waals surface area contributed by atoms with Crippen molar-refractivity contribution < 1.29 is 4.79 Å². The van der Waals surface area contributed by atoms with Crippen molar-refractivity contribution in [2.75, 3.05) is 5.32 Å². The zero-order valence-electron chi connectivity index (χ0n) is 9.45. The number of anilines is 1. The topological polar surface area (TPSA) is 55.1 Å². The fourth-order valence-corrected chi connectivity index (χ4v) is 1.21. The van der Waals surface area contributed by atoms with Crippen LogP contribution in [0.3, 0.4) is 0 Å². The summed E-state index contributed by atoms with van der Waals surface area (Å²) in [6, 6.07) is 7.35. The first-order chi connectivity index (χ1) is 7.00. The summed E-state index contributed by atoms with van der Waals surface area (Å²) in [6.07, 6.45) is 0. The van der Waals surface area contributed by atoms with E-state index in [4.69, 9.17) is 5.73 Å². The highest BCUT2D eigenvalue weighted by molar-refractivity contribution is 5.94. The van der Waals surface area contributed by atoms with Crippen LogP contribution in [0.5, 0.6) is 0 Å². The minimum Gasteiger partial charge on any atom is -0.325 e. The number of hydrogen-bond donors (Lipinski definition) is 2. The van der Waals surface area contributed by atoms with E-state index in [1.54, 1.807) is 6.92 Å². The zero-order chi connectivity index (χ0) is 11.4. The van der Waals surface area contributed by atoms with Crippen LogP contribution in [0, 0.1) is 0 Å². The summed E-state index contributed by atoms with van der Waals surface area (Å²) in [7, 11) is 0. The smallest absolute Gasteiger partial charge is 0.240 e. The van der Waals surface area contributed by atoms with E-state index in [1.807, 2.05) is 24.3 Å². The Labute approximate surface area is 90.7 Å². The van der Waals surface area contributed by atoms with Crippen molar-refractivity contribution in [2.45, 2.75) is 32.7 Å². The summed E-state index contributed by atoms with van der Waals surface area (Å²) in [4.78, 5) is 11.3. The molecule has 0 saturated carbocycles. The summed E-state index contributed by atoms with van der Waals surface area (Å²) >= 11 is 0. The third-order valence-corrected chi connectivity index (χ3v) is 2.26. The second kappa shape index (κ2) is 4.94. The Morgan fingerprint density at radius 3 is 2.13 bits per heavy atom. The molecule has 0 heterocycles. The van der Waals surface area contributed by atoms with Crippen LogP contribution in [0.2, 0.25) is 0 Å². The Kier molecular flexibility index (Phi) is 3.86. The second-order valence-corrected chi connectivity index (χ2v) is 4.05. The molecule has 0 aliphatic heterocycles. The van der Waals surface area contributed by atoms with Gasteiger partial charge in [-0.05, 0) is 30.5 Å². The van der Waals surface area contributed by atoms with Crippen molar-refractivity contribution in [3.8, 4) is 0 Å². The highest BCUT2D eigenvalue weighted by atomic mass is 16.2. The zero-order valence-corrected chi connectivity index (χ0v) is 9.45.